The third kappa shape index (κ3) is 6.33. The number of hydrogen-bond acceptors (Lipinski definition) is 12. The number of phenolic OH excluding ortho intramolecular Hbond substituents is 1. The van der Waals surface area contributed by atoms with Crippen LogP contribution in [-0.4, -0.2) is 98.8 Å². The van der Waals surface area contributed by atoms with Crippen molar-refractivity contribution in [2.45, 2.75) is 74.2 Å². The summed E-state index contributed by atoms with van der Waals surface area (Å²) < 4.78 is 54.2. The minimum Gasteiger partial charge on any atom is -0.504 e. The van der Waals surface area contributed by atoms with Crippen molar-refractivity contribution in [3.05, 3.63) is 71.0 Å². The van der Waals surface area contributed by atoms with Crippen LogP contribution in [0.1, 0.15) is 49.0 Å². The van der Waals surface area contributed by atoms with Gasteiger partial charge in [0.25, 0.3) is 0 Å². The lowest BCUT2D eigenvalue weighted by atomic mass is 9.50. The Morgan fingerprint density at radius 2 is 1.70 bits per heavy atom. The molecule has 2 unspecified atom stereocenters. The van der Waals surface area contributed by atoms with E-state index in [0.717, 1.165) is 18.1 Å². The summed E-state index contributed by atoms with van der Waals surface area (Å²) in [5.41, 5.74) is -0.385. The Balaban J connectivity index is 0.000000630. The number of rotatable bonds is 8. The Morgan fingerprint density at radius 1 is 1.04 bits per heavy atom. The SMILES string of the molecule is CC(=O)OC(CC(=O)O)C(=O)OC(C(=O)OC1=CC[C@@]2(O)[C@H]3Cc4ccc(O)c5c4[C@@]2(CCN3C)[C@H]1O5)c1ccccc1.O=C(O)C(F)(F)F. The highest BCUT2D eigenvalue weighted by Crippen LogP contribution is 2.65. The van der Waals surface area contributed by atoms with Crippen LogP contribution in [0.5, 0.6) is 11.5 Å². The summed E-state index contributed by atoms with van der Waals surface area (Å²) in [5.74, 6) is -7.05. The quantitative estimate of drug-likeness (QED) is 0.230. The first-order valence-electron chi connectivity index (χ1n) is 15.2. The minimum absolute atomic E-state index is 0.0843. The Hall–Kier alpha value is -5.16. The number of likely N-dealkylation sites (tertiary alicyclic amines) is 1. The smallest absolute Gasteiger partial charge is 0.490 e. The molecular weight excluding hydrogens is 675 g/mol. The van der Waals surface area contributed by atoms with E-state index in [1.165, 1.54) is 12.1 Å². The molecule has 4 N–H and O–H groups in total. The number of halogens is 3. The van der Waals surface area contributed by atoms with E-state index in [4.69, 9.17) is 28.8 Å². The molecule has 0 amide bonds. The normalized spacial score (nSPS) is 25.6. The molecule has 2 aliphatic heterocycles. The van der Waals surface area contributed by atoms with Gasteiger partial charge in [-0.2, -0.15) is 13.2 Å². The Labute approximate surface area is 281 Å². The van der Waals surface area contributed by atoms with Crippen molar-refractivity contribution >= 4 is 29.8 Å². The fourth-order valence-corrected chi connectivity index (χ4v) is 7.21. The fourth-order valence-electron chi connectivity index (χ4n) is 7.21. The van der Waals surface area contributed by atoms with Gasteiger partial charge in [-0.3, -0.25) is 9.59 Å². The summed E-state index contributed by atoms with van der Waals surface area (Å²) in [6.45, 7) is 1.65. The number of ether oxygens (including phenoxy) is 4. The molecule has 2 aromatic carbocycles. The zero-order chi connectivity index (χ0) is 36.8. The van der Waals surface area contributed by atoms with Crippen molar-refractivity contribution in [2.75, 3.05) is 13.6 Å². The van der Waals surface area contributed by atoms with Gasteiger partial charge in [0.15, 0.2) is 17.6 Å². The predicted octanol–water partition coefficient (Wildman–Crippen LogP) is 2.54. The van der Waals surface area contributed by atoms with Crippen molar-refractivity contribution in [3.8, 4) is 11.5 Å². The first kappa shape index (κ1) is 36.1. The van der Waals surface area contributed by atoms with Gasteiger partial charge in [-0.05, 0) is 44.1 Å². The first-order chi connectivity index (χ1) is 23.4. The van der Waals surface area contributed by atoms with Crippen LogP contribution in [0.15, 0.2) is 54.3 Å². The number of phenols is 1. The maximum atomic E-state index is 13.8. The molecule has 50 heavy (non-hydrogen) atoms. The molecule has 0 radical (unpaired) electrons. The highest BCUT2D eigenvalue weighted by atomic mass is 19.4. The molecule has 0 aromatic heterocycles. The summed E-state index contributed by atoms with van der Waals surface area (Å²) in [4.78, 5) is 60.6. The number of carboxylic acids is 2. The molecule has 2 aliphatic carbocycles. The maximum absolute atomic E-state index is 13.8. The monoisotopic (exact) mass is 707 g/mol. The van der Waals surface area contributed by atoms with Crippen LogP contribution < -0.4 is 4.74 Å². The van der Waals surface area contributed by atoms with E-state index in [1.807, 2.05) is 13.1 Å². The molecule has 14 nitrogen and oxygen atoms in total. The molecule has 6 atom stereocenters. The largest absolute Gasteiger partial charge is 0.504 e. The van der Waals surface area contributed by atoms with Crippen LogP contribution >= 0.6 is 0 Å². The highest BCUT2D eigenvalue weighted by molar-refractivity contribution is 5.87. The number of piperidine rings is 1. The predicted molar refractivity (Wildman–Crippen MR) is 159 cm³/mol. The molecule has 6 rings (SSSR count). The zero-order valence-corrected chi connectivity index (χ0v) is 26.5. The van der Waals surface area contributed by atoms with Gasteiger partial charge in [0.05, 0.1) is 17.4 Å². The van der Waals surface area contributed by atoms with E-state index < -0.39 is 71.8 Å². The average molecular weight is 708 g/mol. The summed E-state index contributed by atoms with van der Waals surface area (Å²) in [5, 5.41) is 39.4. The average Bonchev–Trinajstić information content (AvgIpc) is 3.40. The first-order valence-corrected chi connectivity index (χ1v) is 15.2. The van der Waals surface area contributed by atoms with Crippen LogP contribution in [0.25, 0.3) is 0 Å². The van der Waals surface area contributed by atoms with E-state index in [9.17, 15) is 47.7 Å². The minimum atomic E-state index is -5.08. The van der Waals surface area contributed by atoms with Gasteiger partial charge in [-0.1, -0.05) is 36.4 Å². The van der Waals surface area contributed by atoms with Crippen molar-refractivity contribution in [1.82, 2.24) is 4.90 Å². The van der Waals surface area contributed by atoms with Crippen molar-refractivity contribution in [3.63, 3.8) is 0 Å². The summed E-state index contributed by atoms with van der Waals surface area (Å²) in [6.07, 6.45) is -7.58. The summed E-state index contributed by atoms with van der Waals surface area (Å²) >= 11 is 0. The fraction of sp³-hybridized carbons (Fsp3) is 0.424. The number of benzene rings is 2. The number of carbonyl (C=O) groups is 5. The van der Waals surface area contributed by atoms with Gasteiger partial charge in [-0.15, -0.1) is 0 Å². The van der Waals surface area contributed by atoms with Crippen molar-refractivity contribution < 1.29 is 76.5 Å². The number of likely N-dealkylation sites (N-methyl/N-ethyl adjacent to an activating group) is 1. The van der Waals surface area contributed by atoms with Gasteiger partial charge in [0.2, 0.25) is 12.2 Å². The lowest BCUT2D eigenvalue weighted by Gasteiger charge is -2.61. The topological polar surface area (TPSA) is 206 Å². The van der Waals surface area contributed by atoms with Crippen LogP contribution in [0.4, 0.5) is 13.2 Å². The van der Waals surface area contributed by atoms with Gasteiger partial charge in [-0.25, -0.2) is 14.4 Å². The van der Waals surface area contributed by atoms with Crippen LogP contribution in [0.2, 0.25) is 0 Å². The molecule has 2 heterocycles. The third-order valence-electron chi connectivity index (χ3n) is 9.30. The molecule has 1 fully saturated rings. The van der Waals surface area contributed by atoms with Crippen LogP contribution in [-0.2, 0) is 50.0 Å². The molecule has 1 spiro atoms. The molecule has 268 valence electrons. The third-order valence-corrected chi connectivity index (χ3v) is 9.30. The zero-order valence-electron chi connectivity index (χ0n) is 26.5. The highest BCUT2D eigenvalue weighted by Gasteiger charge is 2.72. The summed E-state index contributed by atoms with van der Waals surface area (Å²) in [6, 6.07) is 11.1. The summed E-state index contributed by atoms with van der Waals surface area (Å²) in [7, 11) is 1.96. The van der Waals surface area contributed by atoms with E-state index in [-0.39, 0.29) is 35.3 Å². The van der Waals surface area contributed by atoms with Crippen molar-refractivity contribution in [1.29, 1.82) is 0 Å². The Kier molecular flexibility index (Phi) is 9.60. The number of alkyl halides is 3. The number of hydrogen-bond donors (Lipinski definition) is 4. The maximum Gasteiger partial charge on any atom is 0.490 e. The second kappa shape index (κ2) is 13.3. The molecule has 17 heteroatoms. The van der Waals surface area contributed by atoms with Crippen LogP contribution in [0.3, 0.4) is 0 Å². The number of aliphatic carboxylic acids is 2. The van der Waals surface area contributed by atoms with E-state index in [1.54, 1.807) is 30.3 Å². The Bertz CT molecular complexity index is 1730. The number of carboxylic acid groups (broad SMARTS) is 2. The second-order valence-corrected chi connectivity index (χ2v) is 12.3. The molecule has 2 aromatic rings. The van der Waals surface area contributed by atoms with Crippen LogP contribution in [0, 0.1) is 0 Å². The standard InChI is InChI=1S/C31H31NO11.C2HF3O2/c1-16(33)40-21(15-23(35)36)28(37)43-25(17-6-4-3-5-7-17)29(38)41-20-10-11-31(39)22-14-18-8-9-19(34)26-24(18)30(31,27(20)42-26)12-13-32(22)2;3-2(4,5)1(6)7/h3-10,21-22,25,27,34,39H,11-15H2,1-2H3,(H,35,36);(H,6,7)/t21?,22-,25?,27+,30+,31-;/m1./s1. The Morgan fingerprint density at radius 3 is 2.30 bits per heavy atom. The van der Waals surface area contributed by atoms with E-state index in [0.29, 0.717) is 19.4 Å². The number of aliphatic hydroxyl groups is 1. The number of aromatic hydroxyl groups is 1. The number of nitrogens with zero attached hydrogens (tertiary/aromatic N) is 1. The number of esters is 3. The molecule has 2 bridgehead atoms. The van der Waals surface area contributed by atoms with E-state index >= 15 is 0 Å². The van der Waals surface area contributed by atoms with E-state index in [2.05, 4.69) is 4.90 Å². The van der Waals surface area contributed by atoms with Gasteiger partial charge in [0, 0.05) is 30.5 Å². The van der Waals surface area contributed by atoms with Gasteiger partial charge >= 0.3 is 36.0 Å². The lowest BCUT2D eigenvalue weighted by Crippen LogP contribution is -2.74. The van der Waals surface area contributed by atoms with Gasteiger partial charge in [0.1, 0.15) is 5.76 Å². The lowest BCUT2D eigenvalue weighted by molar-refractivity contribution is -0.192. The van der Waals surface area contributed by atoms with Crippen molar-refractivity contribution in [2.24, 2.45) is 0 Å². The number of carbonyl (C=O) groups excluding carboxylic acids is 3. The second-order valence-electron chi connectivity index (χ2n) is 12.3. The van der Waals surface area contributed by atoms with Gasteiger partial charge < -0.3 is 44.3 Å². The molecule has 0 saturated carbocycles. The molecule has 1 saturated heterocycles. The molecular formula is C33H32F3NO13. The molecule has 4 aliphatic rings.